The van der Waals surface area contributed by atoms with Gasteiger partial charge in [0, 0.05) is 17.2 Å². The van der Waals surface area contributed by atoms with E-state index in [0.717, 1.165) is 5.56 Å². The van der Waals surface area contributed by atoms with Gasteiger partial charge in [0.2, 0.25) is 0 Å². The minimum atomic E-state index is -1.02. The first-order chi connectivity index (χ1) is 19.2. The summed E-state index contributed by atoms with van der Waals surface area (Å²) in [6, 6.07) is 14.3. The zero-order chi connectivity index (χ0) is 28.7. The Balaban J connectivity index is 1.79. The van der Waals surface area contributed by atoms with Crippen LogP contribution in [0.1, 0.15) is 58.8 Å². The van der Waals surface area contributed by atoms with Crippen LogP contribution in [0.2, 0.25) is 5.02 Å². The molecule has 1 amide bonds. The fourth-order valence-corrected chi connectivity index (χ4v) is 5.39. The lowest BCUT2D eigenvalue weighted by Crippen LogP contribution is -2.30. The zero-order valence-corrected chi connectivity index (χ0v) is 22.7. The van der Waals surface area contributed by atoms with Crippen LogP contribution in [-0.2, 0) is 11.2 Å². The van der Waals surface area contributed by atoms with E-state index in [9.17, 15) is 14.7 Å². The van der Waals surface area contributed by atoms with Gasteiger partial charge < -0.3 is 14.4 Å². The Hall–Kier alpha value is -4.61. The number of nitrogens with zero attached hydrogens (tertiary/aromatic N) is 3. The van der Waals surface area contributed by atoms with E-state index in [0.29, 0.717) is 39.5 Å². The van der Waals surface area contributed by atoms with Crippen molar-refractivity contribution in [1.29, 1.82) is 0 Å². The number of anilines is 1. The number of hydrogen-bond donors (Lipinski definition) is 1. The molecule has 1 aliphatic rings. The molecule has 1 atom stereocenters. The first kappa shape index (κ1) is 27.0. The van der Waals surface area contributed by atoms with Crippen molar-refractivity contribution in [3.8, 4) is 29.4 Å². The van der Waals surface area contributed by atoms with Gasteiger partial charge in [-0.1, -0.05) is 35.7 Å². The van der Waals surface area contributed by atoms with Crippen molar-refractivity contribution in [2.75, 3.05) is 12.0 Å². The highest BCUT2D eigenvalue weighted by Gasteiger charge is 2.44. The van der Waals surface area contributed by atoms with Crippen LogP contribution in [0, 0.1) is 18.2 Å². The number of aromatic nitrogens is 2. The Bertz CT molecular complexity index is 1690. The van der Waals surface area contributed by atoms with E-state index >= 15 is 4.39 Å². The number of aliphatic carboxylic acids is 1. The second kappa shape index (κ2) is 10.5. The Labute approximate surface area is 235 Å². The van der Waals surface area contributed by atoms with E-state index in [2.05, 4.69) is 10.9 Å². The molecule has 7 nitrogen and oxygen atoms in total. The second-order valence-corrected chi connectivity index (χ2v) is 10.1. The fraction of sp³-hybridized carbons (Fsp3) is 0.194. The van der Waals surface area contributed by atoms with E-state index < -0.39 is 23.7 Å². The number of terminal acetylenes is 1. The van der Waals surface area contributed by atoms with Gasteiger partial charge in [-0.25, -0.2) is 4.39 Å². The maximum Gasteiger partial charge on any atom is 0.309 e. The van der Waals surface area contributed by atoms with Crippen molar-refractivity contribution in [2.45, 2.75) is 32.4 Å². The summed E-state index contributed by atoms with van der Waals surface area (Å²) >= 11 is 6.13. The monoisotopic (exact) mass is 557 g/mol. The predicted octanol–water partition coefficient (Wildman–Crippen LogP) is 6.29. The lowest BCUT2D eigenvalue weighted by Gasteiger charge is -2.29. The van der Waals surface area contributed by atoms with E-state index in [-0.39, 0.29) is 23.2 Å². The van der Waals surface area contributed by atoms with E-state index in [4.69, 9.17) is 22.8 Å². The molecule has 2 aromatic heterocycles. The predicted molar refractivity (Wildman–Crippen MR) is 150 cm³/mol. The molecular weight excluding hydrogens is 533 g/mol. The molecule has 0 saturated heterocycles. The highest BCUT2D eigenvalue weighted by atomic mass is 35.5. The molecule has 0 radical (unpaired) electrons. The molecule has 0 saturated carbocycles. The summed E-state index contributed by atoms with van der Waals surface area (Å²) in [5, 5.41) is 9.23. The fourth-order valence-electron chi connectivity index (χ4n) is 5.22. The van der Waals surface area contributed by atoms with Gasteiger partial charge in [-0.05, 0) is 55.8 Å². The molecule has 4 aromatic rings. The number of carbonyl (C=O) groups excluding carboxylic acids is 1. The van der Waals surface area contributed by atoms with Crippen LogP contribution in [0.5, 0.6) is 5.75 Å². The number of pyridine rings is 1. The van der Waals surface area contributed by atoms with Crippen molar-refractivity contribution < 1.29 is 23.8 Å². The van der Waals surface area contributed by atoms with Gasteiger partial charge >= 0.3 is 5.97 Å². The van der Waals surface area contributed by atoms with Crippen LogP contribution < -0.4 is 9.64 Å². The highest BCUT2D eigenvalue weighted by Crippen LogP contribution is 2.48. The van der Waals surface area contributed by atoms with E-state index in [1.165, 1.54) is 30.3 Å². The van der Waals surface area contributed by atoms with Crippen molar-refractivity contribution in [1.82, 2.24) is 9.55 Å². The van der Waals surface area contributed by atoms with Gasteiger partial charge in [0.25, 0.3) is 5.91 Å². The van der Waals surface area contributed by atoms with Crippen molar-refractivity contribution >= 4 is 29.2 Å². The van der Waals surface area contributed by atoms with Crippen molar-refractivity contribution in [3.05, 3.63) is 99.7 Å². The molecule has 0 bridgehead atoms. The third-order valence-corrected chi connectivity index (χ3v) is 7.19. The lowest BCUT2D eigenvalue weighted by atomic mass is 10.0. The Kier molecular flexibility index (Phi) is 7.09. The summed E-state index contributed by atoms with van der Waals surface area (Å²) in [6.45, 7) is 3.95. The molecule has 202 valence electrons. The molecule has 1 N–H and O–H groups in total. The average Bonchev–Trinajstić information content (AvgIpc) is 3.45. The van der Waals surface area contributed by atoms with Gasteiger partial charge in [0.1, 0.15) is 11.8 Å². The number of carboxylic acids is 1. The summed E-state index contributed by atoms with van der Waals surface area (Å²) in [5.74, 6) is 0.902. The molecular formula is C31H25ClFN3O4. The van der Waals surface area contributed by atoms with Crippen molar-refractivity contribution in [3.63, 3.8) is 0 Å². The molecule has 1 aliphatic heterocycles. The first-order valence-electron chi connectivity index (χ1n) is 12.5. The number of amides is 1. The second-order valence-electron chi connectivity index (χ2n) is 9.66. The number of halogens is 2. The summed E-state index contributed by atoms with van der Waals surface area (Å²) < 4.78 is 23.0. The van der Waals surface area contributed by atoms with E-state index in [1.807, 2.05) is 30.5 Å². The van der Waals surface area contributed by atoms with Gasteiger partial charge in [-0.3, -0.25) is 19.5 Å². The SMILES string of the molecule is C#Cc1ccc(C2c3c(cc(-c4cc(CC(=O)O)ncc4OC)n3C(C)C)C(=O)N2c2cccc(Cl)c2F)cc1. The largest absolute Gasteiger partial charge is 0.494 e. The van der Waals surface area contributed by atoms with Crippen LogP contribution in [0.15, 0.2) is 60.8 Å². The molecule has 0 fully saturated rings. The standard InChI is InChI=1S/C31H25ClFN3O4/c1-5-18-9-11-19(12-10-18)29-30-22(31(39)36(29)24-8-6-7-23(32)28(24)33)15-25(35(30)17(2)3)21-13-20(14-27(37)38)34-16-26(21)40-4/h1,6-13,15-17,29H,14H2,2-4H3,(H,37,38). The number of methoxy groups -OCH3 is 1. The van der Waals surface area contributed by atoms with Crippen LogP contribution in [0.4, 0.5) is 10.1 Å². The molecule has 0 aliphatic carbocycles. The number of carboxylic acid groups (broad SMARTS) is 1. The average molecular weight is 558 g/mol. The molecule has 9 heteroatoms. The molecule has 5 rings (SSSR count). The quantitative estimate of drug-likeness (QED) is 0.270. The number of benzene rings is 2. The van der Waals surface area contributed by atoms with Crippen LogP contribution in [0.25, 0.3) is 11.3 Å². The molecule has 40 heavy (non-hydrogen) atoms. The summed E-state index contributed by atoms with van der Waals surface area (Å²) in [7, 11) is 1.50. The first-order valence-corrected chi connectivity index (χ1v) is 12.9. The van der Waals surface area contributed by atoms with E-state index in [1.54, 1.807) is 30.3 Å². The molecule has 0 spiro atoms. The Morgan fingerprint density at radius 2 is 1.93 bits per heavy atom. The molecule has 1 unspecified atom stereocenters. The smallest absolute Gasteiger partial charge is 0.309 e. The zero-order valence-electron chi connectivity index (χ0n) is 22.0. The maximum absolute atomic E-state index is 15.4. The minimum Gasteiger partial charge on any atom is -0.494 e. The van der Waals surface area contributed by atoms with Crippen LogP contribution in [0.3, 0.4) is 0 Å². The maximum atomic E-state index is 15.4. The summed E-state index contributed by atoms with van der Waals surface area (Å²) in [6.07, 6.45) is 6.77. The van der Waals surface area contributed by atoms with Crippen LogP contribution in [-0.4, -0.2) is 33.6 Å². The number of rotatable bonds is 7. The van der Waals surface area contributed by atoms with Crippen molar-refractivity contribution in [2.24, 2.45) is 0 Å². The summed E-state index contributed by atoms with van der Waals surface area (Å²) in [4.78, 5) is 31.1. The normalized spacial score (nSPS) is 14.4. The van der Waals surface area contributed by atoms with Gasteiger partial charge in [0.15, 0.2) is 5.82 Å². The van der Waals surface area contributed by atoms with Crippen LogP contribution >= 0.6 is 11.6 Å². The Morgan fingerprint density at radius 3 is 2.55 bits per heavy atom. The third-order valence-electron chi connectivity index (χ3n) is 6.89. The lowest BCUT2D eigenvalue weighted by molar-refractivity contribution is -0.136. The minimum absolute atomic E-state index is 0.0572. The van der Waals surface area contributed by atoms with Gasteiger partial charge in [0.05, 0.1) is 53.1 Å². The highest BCUT2D eigenvalue weighted by molar-refractivity contribution is 6.31. The molecule has 3 heterocycles. The van der Waals surface area contributed by atoms with Gasteiger partial charge in [-0.2, -0.15) is 0 Å². The number of fused-ring (bicyclic) bond motifs is 1. The Morgan fingerprint density at radius 1 is 1.20 bits per heavy atom. The number of carbonyl (C=O) groups is 2. The summed E-state index contributed by atoms with van der Waals surface area (Å²) in [5.41, 5.74) is 4.07. The number of hydrogen-bond acceptors (Lipinski definition) is 4. The molecule has 2 aromatic carbocycles. The van der Waals surface area contributed by atoms with Gasteiger partial charge in [-0.15, -0.1) is 6.42 Å². The third kappa shape index (κ3) is 4.48. The topological polar surface area (TPSA) is 84.7 Å². The number of ether oxygens (including phenoxy) is 1.